The van der Waals surface area contributed by atoms with Gasteiger partial charge in [-0.25, -0.2) is 4.98 Å². The molecule has 1 aliphatic carbocycles. The number of aromatic nitrogens is 1. The number of halogens is 1. The van der Waals surface area contributed by atoms with Crippen molar-refractivity contribution in [3.63, 3.8) is 0 Å². The van der Waals surface area contributed by atoms with Crippen LogP contribution in [-0.2, 0) is 4.74 Å². The van der Waals surface area contributed by atoms with E-state index in [4.69, 9.17) is 9.47 Å². The third kappa shape index (κ3) is 4.66. The Kier molecular flexibility index (Phi) is 6.60. The molecule has 1 amide bonds. The van der Waals surface area contributed by atoms with Crippen LogP contribution in [0.25, 0.3) is 0 Å². The maximum absolute atomic E-state index is 12.3. The molecule has 1 aromatic rings. The molecule has 0 radical (unpaired) electrons. The second-order valence-corrected chi connectivity index (χ2v) is 6.01. The summed E-state index contributed by atoms with van der Waals surface area (Å²) in [5.74, 6) is 0.187. The number of carbonyl (C=O) groups is 1. The minimum absolute atomic E-state index is 0.189. The van der Waals surface area contributed by atoms with Crippen molar-refractivity contribution in [1.82, 2.24) is 10.3 Å². The van der Waals surface area contributed by atoms with Crippen LogP contribution >= 0.6 is 15.9 Å². The minimum atomic E-state index is -0.471. The molecule has 6 nitrogen and oxygen atoms in total. The van der Waals surface area contributed by atoms with Crippen LogP contribution < -0.4 is 10.1 Å². The minimum Gasteiger partial charge on any atom is -0.475 e. The van der Waals surface area contributed by atoms with Gasteiger partial charge in [-0.05, 0) is 34.8 Å². The third-order valence-electron chi connectivity index (χ3n) is 3.65. The Bertz CT molecular complexity index is 512. The SMILES string of the molecule is COCCOc1ccc(C(=O)N[C@@H]2CCCC[C@H]2O)c(Br)n1. The number of nitrogens with zero attached hydrogens (tertiary/aromatic N) is 1. The number of aliphatic hydroxyl groups excluding tert-OH is 1. The molecule has 0 spiro atoms. The zero-order valence-corrected chi connectivity index (χ0v) is 14.1. The molecule has 122 valence electrons. The average Bonchev–Trinajstić information content (AvgIpc) is 2.50. The lowest BCUT2D eigenvalue weighted by Crippen LogP contribution is -2.45. The van der Waals surface area contributed by atoms with E-state index < -0.39 is 6.10 Å². The van der Waals surface area contributed by atoms with E-state index in [2.05, 4.69) is 26.2 Å². The van der Waals surface area contributed by atoms with E-state index in [1.807, 2.05) is 0 Å². The third-order valence-corrected chi connectivity index (χ3v) is 4.26. The molecule has 1 saturated carbocycles. The highest BCUT2D eigenvalue weighted by molar-refractivity contribution is 9.10. The first kappa shape index (κ1) is 17.2. The van der Waals surface area contributed by atoms with Crippen molar-refractivity contribution in [2.24, 2.45) is 0 Å². The molecule has 0 saturated heterocycles. The summed E-state index contributed by atoms with van der Waals surface area (Å²) in [7, 11) is 1.60. The number of ether oxygens (including phenoxy) is 2. The fraction of sp³-hybridized carbons (Fsp3) is 0.600. The predicted molar refractivity (Wildman–Crippen MR) is 85.0 cm³/mol. The summed E-state index contributed by atoms with van der Waals surface area (Å²) in [4.78, 5) is 16.5. The maximum atomic E-state index is 12.3. The summed E-state index contributed by atoms with van der Waals surface area (Å²) >= 11 is 3.29. The van der Waals surface area contributed by atoms with Gasteiger partial charge in [0.15, 0.2) is 0 Å². The van der Waals surface area contributed by atoms with E-state index in [9.17, 15) is 9.90 Å². The number of hydrogen-bond donors (Lipinski definition) is 2. The smallest absolute Gasteiger partial charge is 0.254 e. The monoisotopic (exact) mass is 372 g/mol. The highest BCUT2D eigenvalue weighted by Crippen LogP contribution is 2.21. The second kappa shape index (κ2) is 8.45. The lowest BCUT2D eigenvalue weighted by Gasteiger charge is -2.28. The number of pyridine rings is 1. The molecule has 1 heterocycles. The van der Waals surface area contributed by atoms with Gasteiger partial charge in [-0.15, -0.1) is 0 Å². The average molecular weight is 373 g/mol. The van der Waals surface area contributed by atoms with E-state index in [0.29, 0.717) is 29.3 Å². The Labute approximate surface area is 138 Å². The van der Waals surface area contributed by atoms with Gasteiger partial charge in [0.05, 0.1) is 24.3 Å². The topological polar surface area (TPSA) is 80.7 Å². The number of carbonyl (C=O) groups excluding carboxylic acids is 1. The largest absolute Gasteiger partial charge is 0.475 e. The van der Waals surface area contributed by atoms with Gasteiger partial charge in [0.25, 0.3) is 5.91 Å². The Balaban J connectivity index is 1.97. The van der Waals surface area contributed by atoms with Gasteiger partial charge in [-0.2, -0.15) is 0 Å². The number of aliphatic hydroxyl groups is 1. The molecule has 1 aliphatic rings. The van der Waals surface area contributed by atoms with Crippen LogP contribution in [-0.4, -0.2) is 48.5 Å². The molecule has 0 bridgehead atoms. The quantitative estimate of drug-likeness (QED) is 0.588. The van der Waals surface area contributed by atoms with Gasteiger partial charge in [0.1, 0.15) is 11.2 Å². The summed E-state index contributed by atoms with van der Waals surface area (Å²) in [6.07, 6.45) is 3.09. The molecule has 1 fully saturated rings. The maximum Gasteiger partial charge on any atom is 0.254 e. The van der Waals surface area contributed by atoms with Crippen molar-refractivity contribution in [3.05, 3.63) is 22.3 Å². The van der Waals surface area contributed by atoms with Crippen LogP contribution in [0.2, 0.25) is 0 Å². The van der Waals surface area contributed by atoms with Crippen molar-refractivity contribution < 1.29 is 19.4 Å². The molecule has 2 rings (SSSR count). The first-order valence-electron chi connectivity index (χ1n) is 7.39. The zero-order chi connectivity index (χ0) is 15.9. The second-order valence-electron chi connectivity index (χ2n) is 5.26. The molecule has 0 unspecified atom stereocenters. The van der Waals surface area contributed by atoms with Crippen LogP contribution in [0.4, 0.5) is 0 Å². The van der Waals surface area contributed by atoms with Crippen LogP contribution in [0.5, 0.6) is 5.88 Å². The van der Waals surface area contributed by atoms with Crippen molar-refractivity contribution in [1.29, 1.82) is 0 Å². The van der Waals surface area contributed by atoms with Crippen LogP contribution in [0, 0.1) is 0 Å². The first-order chi connectivity index (χ1) is 10.6. The molecular formula is C15H21BrN2O4. The fourth-order valence-electron chi connectivity index (χ4n) is 2.42. The molecule has 0 aromatic carbocycles. The normalized spacial score (nSPS) is 21.4. The highest BCUT2D eigenvalue weighted by Gasteiger charge is 2.25. The standard InChI is InChI=1S/C15H21BrN2O4/c1-21-8-9-22-13-7-6-10(14(16)18-13)15(20)17-11-4-2-3-5-12(11)19/h6-7,11-12,19H,2-5,8-9H2,1H3,(H,17,20)/t11-,12-/m1/s1. The summed E-state index contributed by atoms with van der Waals surface area (Å²) < 4.78 is 10.7. The van der Waals surface area contributed by atoms with E-state index >= 15 is 0 Å². The molecule has 2 N–H and O–H groups in total. The molecule has 22 heavy (non-hydrogen) atoms. The summed E-state index contributed by atoms with van der Waals surface area (Å²) in [6.45, 7) is 0.872. The van der Waals surface area contributed by atoms with E-state index in [-0.39, 0.29) is 11.9 Å². The van der Waals surface area contributed by atoms with Gasteiger partial charge in [-0.3, -0.25) is 4.79 Å². The summed E-state index contributed by atoms with van der Waals surface area (Å²) in [6, 6.07) is 3.11. The van der Waals surface area contributed by atoms with Crippen LogP contribution in [0.3, 0.4) is 0 Å². The number of nitrogens with one attached hydrogen (secondary N) is 1. The van der Waals surface area contributed by atoms with Gasteiger partial charge < -0.3 is 19.9 Å². The van der Waals surface area contributed by atoms with Crippen molar-refractivity contribution in [2.75, 3.05) is 20.3 Å². The molecule has 1 aromatic heterocycles. The van der Waals surface area contributed by atoms with E-state index in [1.54, 1.807) is 19.2 Å². The lowest BCUT2D eigenvalue weighted by molar-refractivity contribution is 0.0716. The molecular weight excluding hydrogens is 352 g/mol. The van der Waals surface area contributed by atoms with Gasteiger partial charge >= 0.3 is 0 Å². The van der Waals surface area contributed by atoms with Gasteiger partial charge in [0, 0.05) is 13.2 Å². The number of rotatable bonds is 6. The van der Waals surface area contributed by atoms with Crippen molar-refractivity contribution in [2.45, 2.75) is 37.8 Å². The van der Waals surface area contributed by atoms with E-state index in [1.165, 1.54) is 0 Å². The lowest BCUT2D eigenvalue weighted by atomic mass is 9.92. The van der Waals surface area contributed by atoms with Crippen LogP contribution in [0.15, 0.2) is 16.7 Å². The molecule has 2 atom stereocenters. The Morgan fingerprint density at radius 1 is 1.41 bits per heavy atom. The Hall–Kier alpha value is -1.18. The molecule has 7 heteroatoms. The number of amides is 1. The van der Waals surface area contributed by atoms with Crippen molar-refractivity contribution >= 4 is 21.8 Å². The molecule has 0 aliphatic heterocycles. The fourth-order valence-corrected chi connectivity index (χ4v) is 2.91. The predicted octanol–water partition coefficient (Wildman–Crippen LogP) is 1.90. The summed E-state index contributed by atoms with van der Waals surface area (Å²) in [5, 5.41) is 12.8. The Morgan fingerprint density at radius 2 is 2.18 bits per heavy atom. The zero-order valence-electron chi connectivity index (χ0n) is 12.5. The van der Waals surface area contributed by atoms with Gasteiger partial charge in [-0.1, -0.05) is 12.8 Å². The number of hydrogen-bond acceptors (Lipinski definition) is 5. The van der Waals surface area contributed by atoms with Gasteiger partial charge in [0.2, 0.25) is 5.88 Å². The van der Waals surface area contributed by atoms with Crippen LogP contribution in [0.1, 0.15) is 36.0 Å². The van der Waals surface area contributed by atoms with E-state index in [0.717, 1.165) is 25.7 Å². The summed E-state index contributed by atoms with van der Waals surface area (Å²) in [5.41, 5.74) is 0.428. The van der Waals surface area contributed by atoms with Crippen molar-refractivity contribution in [3.8, 4) is 5.88 Å². The Morgan fingerprint density at radius 3 is 2.86 bits per heavy atom. The first-order valence-corrected chi connectivity index (χ1v) is 8.18. The highest BCUT2D eigenvalue weighted by atomic mass is 79.9. The number of methoxy groups -OCH3 is 1.